The molecule has 0 bridgehead atoms. The highest BCUT2D eigenvalue weighted by atomic mass is 16.5. The predicted octanol–water partition coefficient (Wildman–Crippen LogP) is 7.97. The lowest BCUT2D eigenvalue weighted by molar-refractivity contribution is -0.0512. The van der Waals surface area contributed by atoms with Crippen LogP contribution in [0.25, 0.3) is 0 Å². The van der Waals surface area contributed by atoms with Crippen LogP contribution in [0.1, 0.15) is 88.8 Å². The Morgan fingerprint density at radius 3 is 1.15 bits per heavy atom. The zero-order valence-corrected chi connectivity index (χ0v) is 18.6. The molecule has 0 aromatic heterocycles. The van der Waals surface area contributed by atoms with Crippen molar-refractivity contribution in [2.75, 3.05) is 0 Å². The lowest BCUT2D eigenvalue weighted by Gasteiger charge is -2.33. The van der Waals surface area contributed by atoms with Crippen molar-refractivity contribution in [2.45, 2.75) is 80.4 Å². The molecule has 0 aliphatic heterocycles. The van der Waals surface area contributed by atoms with Crippen molar-refractivity contribution in [3.8, 4) is 0 Å². The van der Waals surface area contributed by atoms with Crippen molar-refractivity contribution in [3.05, 3.63) is 70.8 Å². The van der Waals surface area contributed by atoms with Crippen LogP contribution in [0.5, 0.6) is 0 Å². The first-order valence-corrected chi connectivity index (χ1v) is 10.2. The second-order valence-corrected chi connectivity index (χ2v) is 10.5. The second-order valence-electron chi connectivity index (χ2n) is 10.5. The maximum atomic E-state index is 6.85. The van der Waals surface area contributed by atoms with Crippen molar-refractivity contribution in [2.24, 2.45) is 10.8 Å². The Morgan fingerprint density at radius 2 is 0.889 bits per heavy atom. The molecule has 0 N–H and O–H groups in total. The van der Waals surface area contributed by atoms with Gasteiger partial charge in [0.05, 0.1) is 12.2 Å². The monoisotopic (exact) mass is 366 g/mol. The predicted molar refractivity (Wildman–Crippen MR) is 117 cm³/mol. The van der Waals surface area contributed by atoms with Crippen LogP contribution in [0.15, 0.2) is 48.5 Å². The highest BCUT2D eigenvalue weighted by molar-refractivity contribution is 5.26. The van der Waals surface area contributed by atoms with Gasteiger partial charge < -0.3 is 4.74 Å². The molecule has 0 saturated heterocycles. The van der Waals surface area contributed by atoms with Crippen LogP contribution >= 0.6 is 0 Å². The number of hydrogen-bond donors (Lipinski definition) is 0. The highest BCUT2D eigenvalue weighted by Gasteiger charge is 2.28. The van der Waals surface area contributed by atoms with E-state index >= 15 is 0 Å². The molecule has 0 radical (unpaired) electrons. The molecule has 0 aliphatic carbocycles. The average molecular weight is 367 g/mol. The van der Waals surface area contributed by atoms with E-state index in [-0.39, 0.29) is 23.0 Å². The molecule has 0 spiro atoms. The van der Waals surface area contributed by atoms with E-state index in [4.69, 9.17) is 4.74 Å². The van der Waals surface area contributed by atoms with Crippen molar-refractivity contribution in [1.29, 1.82) is 0 Å². The van der Waals surface area contributed by atoms with Crippen LogP contribution in [0, 0.1) is 24.7 Å². The molecule has 148 valence electrons. The van der Waals surface area contributed by atoms with Crippen LogP contribution in [0.2, 0.25) is 0 Å². The molecule has 2 rings (SSSR count). The average Bonchev–Trinajstić information content (AvgIpc) is 2.52. The molecule has 2 aromatic rings. The van der Waals surface area contributed by atoms with Crippen molar-refractivity contribution < 1.29 is 4.74 Å². The third kappa shape index (κ3) is 7.50. The quantitative estimate of drug-likeness (QED) is 0.503. The van der Waals surface area contributed by atoms with Gasteiger partial charge in [-0.3, -0.25) is 0 Å². The zero-order valence-electron chi connectivity index (χ0n) is 18.6. The van der Waals surface area contributed by atoms with E-state index < -0.39 is 0 Å². The van der Waals surface area contributed by atoms with Crippen molar-refractivity contribution in [1.82, 2.24) is 0 Å². The number of rotatable bonds is 6. The minimum absolute atomic E-state index is 0.0965. The summed E-state index contributed by atoms with van der Waals surface area (Å²) in [7, 11) is 0. The molecule has 0 saturated carbocycles. The van der Waals surface area contributed by atoms with E-state index in [1.165, 1.54) is 22.3 Å². The third-order valence-corrected chi connectivity index (χ3v) is 4.82. The molecule has 2 atom stereocenters. The van der Waals surface area contributed by atoms with Gasteiger partial charge in [0.2, 0.25) is 0 Å². The largest absolute Gasteiger partial charge is 0.366 e. The summed E-state index contributed by atoms with van der Waals surface area (Å²) in [6, 6.07) is 17.7. The van der Waals surface area contributed by atoms with Gasteiger partial charge in [-0.2, -0.15) is 0 Å². The molecular formula is C26H38O. The smallest absolute Gasteiger partial charge is 0.0838 e. The van der Waals surface area contributed by atoms with E-state index in [9.17, 15) is 0 Å². The summed E-state index contributed by atoms with van der Waals surface area (Å²) in [5.41, 5.74) is 5.55. The Kier molecular flexibility index (Phi) is 6.92. The number of benzene rings is 2. The Balaban J connectivity index is 2.35. The summed E-state index contributed by atoms with van der Waals surface area (Å²) in [6.45, 7) is 18.0. The van der Waals surface area contributed by atoms with Crippen LogP contribution < -0.4 is 0 Å². The molecule has 2 unspecified atom stereocenters. The first kappa shape index (κ1) is 21.7. The van der Waals surface area contributed by atoms with Gasteiger partial charge in [0.1, 0.15) is 0 Å². The van der Waals surface area contributed by atoms with Crippen LogP contribution in [-0.2, 0) is 4.74 Å². The molecule has 0 fully saturated rings. The van der Waals surface area contributed by atoms with E-state index in [1.807, 2.05) is 0 Å². The Bertz CT molecular complexity index is 632. The number of aryl methyl sites for hydroxylation is 2. The van der Waals surface area contributed by atoms with Crippen LogP contribution in [-0.4, -0.2) is 0 Å². The molecule has 1 heteroatoms. The maximum absolute atomic E-state index is 6.85. The first-order chi connectivity index (χ1) is 12.4. The fourth-order valence-electron chi connectivity index (χ4n) is 3.36. The Labute approximate surface area is 167 Å². The lowest BCUT2D eigenvalue weighted by atomic mass is 9.84. The Morgan fingerprint density at radius 1 is 0.593 bits per heavy atom. The standard InChI is InChI=1S/C26H38O/c1-19-9-13-21(14-10-19)23(17-25(3,4)5)27-24(18-26(6,7)8)22-15-11-20(2)12-16-22/h9-16,23-24H,17-18H2,1-8H3. The summed E-state index contributed by atoms with van der Waals surface area (Å²) < 4.78 is 6.85. The lowest BCUT2D eigenvalue weighted by Crippen LogP contribution is -2.20. The maximum Gasteiger partial charge on any atom is 0.0838 e. The SMILES string of the molecule is Cc1ccc(C(CC(C)(C)C)OC(CC(C)(C)C)c2ccc(C)cc2)cc1. The minimum atomic E-state index is 0.0965. The fraction of sp³-hybridized carbons (Fsp3) is 0.538. The molecule has 0 aliphatic rings. The summed E-state index contributed by atoms with van der Waals surface area (Å²) in [5, 5.41) is 0. The van der Waals surface area contributed by atoms with Gasteiger partial charge in [-0.05, 0) is 48.6 Å². The summed E-state index contributed by atoms with van der Waals surface area (Å²) >= 11 is 0. The Hall–Kier alpha value is -1.60. The fourth-order valence-corrected chi connectivity index (χ4v) is 3.36. The second kappa shape index (κ2) is 8.61. The van der Waals surface area contributed by atoms with Gasteiger partial charge in [-0.25, -0.2) is 0 Å². The molecule has 27 heavy (non-hydrogen) atoms. The van der Waals surface area contributed by atoms with Gasteiger partial charge >= 0.3 is 0 Å². The van der Waals surface area contributed by atoms with E-state index in [0.29, 0.717) is 0 Å². The van der Waals surface area contributed by atoms with Crippen molar-refractivity contribution in [3.63, 3.8) is 0 Å². The normalized spacial score (nSPS) is 14.8. The van der Waals surface area contributed by atoms with Gasteiger partial charge in [-0.1, -0.05) is 101 Å². The molecule has 0 amide bonds. The van der Waals surface area contributed by atoms with Crippen molar-refractivity contribution >= 4 is 0 Å². The molecule has 0 heterocycles. The minimum Gasteiger partial charge on any atom is -0.366 e. The van der Waals surface area contributed by atoms with Gasteiger partial charge in [-0.15, -0.1) is 0 Å². The van der Waals surface area contributed by atoms with Crippen LogP contribution in [0.4, 0.5) is 0 Å². The molecular weight excluding hydrogens is 328 g/mol. The molecule has 1 nitrogen and oxygen atoms in total. The summed E-state index contributed by atoms with van der Waals surface area (Å²) in [6.07, 6.45) is 2.20. The molecule has 2 aromatic carbocycles. The number of hydrogen-bond acceptors (Lipinski definition) is 1. The van der Waals surface area contributed by atoms with Gasteiger partial charge in [0, 0.05) is 0 Å². The van der Waals surface area contributed by atoms with E-state index in [1.54, 1.807) is 0 Å². The van der Waals surface area contributed by atoms with Gasteiger partial charge in [0.25, 0.3) is 0 Å². The summed E-state index contributed by atoms with van der Waals surface area (Å²) in [5.74, 6) is 0. The van der Waals surface area contributed by atoms with Crippen LogP contribution in [0.3, 0.4) is 0 Å². The summed E-state index contributed by atoms with van der Waals surface area (Å²) in [4.78, 5) is 0. The van der Waals surface area contributed by atoms with E-state index in [0.717, 1.165) is 12.8 Å². The van der Waals surface area contributed by atoms with E-state index in [2.05, 4.69) is 104 Å². The topological polar surface area (TPSA) is 9.23 Å². The first-order valence-electron chi connectivity index (χ1n) is 10.2. The van der Waals surface area contributed by atoms with Gasteiger partial charge in [0.15, 0.2) is 0 Å². The highest BCUT2D eigenvalue weighted by Crippen LogP contribution is 2.40. The third-order valence-electron chi connectivity index (χ3n) is 4.82. The number of ether oxygens (including phenoxy) is 1. The zero-order chi connectivity index (χ0) is 20.2.